The number of nitrogens with one attached hydrogen (secondary N) is 4. The van der Waals surface area contributed by atoms with E-state index < -0.39 is 12.2 Å². The van der Waals surface area contributed by atoms with Gasteiger partial charge in [0.15, 0.2) is 0 Å². The van der Waals surface area contributed by atoms with Crippen molar-refractivity contribution in [3.8, 4) is 16.9 Å². The number of ether oxygens (including phenoxy) is 1. The van der Waals surface area contributed by atoms with E-state index in [0.717, 1.165) is 54.7 Å². The first-order chi connectivity index (χ1) is 29.1. The maximum atomic E-state index is 12.9. The van der Waals surface area contributed by atoms with Crippen LogP contribution in [0.3, 0.4) is 0 Å². The number of benzene rings is 4. The number of nitrogens with zero attached hydrogens (tertiary/aromatic N) is 2. The summed E-state index contributed by atoms with van der Waals surface area (Å²) >= 11 is 0. The number of hydrogen-bond donors (Lipinski definition) is 6. The van der Waals surface area contributed by atoms with Crippen LogP contribution >= 0.6 is 0 Å². The molecular weight excluding hydrogens is 761 g/mol. The molecule has 60 heavy (non-hydrogen) atoms. The molecule has 1 aliphatic carbocycles. The third-order valence-electron chi connectivity index (χ3n) is 11.7. The van der Waals surface area contributed by atoms with Gasteiger partial charge >= 0.3 is 6.09 Å². The number of phenols is 1. The van der Waals surface area contributed by atoms with Crippen LogP contribution < -0.4 is 21.5 Å². The van der Waals surface area contributed by atoms with Gasteiger partial charge in [0.25, 0.3) is 0 Å². The third kappa shape index (κ3) is 11.0. The van der Waals surface area contributed by atoms with Crippen LogP contribution in [0, 0.1) is 11.8 Å². The molecule has 314 valence electrons. The number of H-pyrrole nitrogens is 1. The van der Waals surface area contributed by atoms with Crippen LogP contribution in [0.25, 0.3) is 22.0 Å². The molecule has 4 aromatic carbocycles. The van der Waals surface area contributed by atoms with Gasteiger partial charge in [0.05, 0.1) is 17.3 Å². The van der Waals surface area contributed by atoms with Crippen molar-refractivity contribution in [3.63, 3.8) is 0 Å². The first kappa shape index (κ1) is 42.1. The molecule has 1 aliphatic heterocycles. The monoisotopic (exact) mass is 814 g/mol. The van der Waals surface area contributed by atoms with Gasteiger partial charge in [-0.2, -0.15) is 0 Å². The van der Waals surface area contributed by atoms with Gasteiger partial charge in [-0.3, -0.25) is 19.7 Å². The molecule has 2 aliphatic rings. The second-order valence-electron chi connectivity index (χ2n) is 16.0. The van der Waals surface area contributed by atoms with Crippen LogP contribution in [0.1, 0.15) is 55.8 Å². The lowest BCUT2D eigenvalue weighted by molar-refractivity contribution is -0.130. The lowest BCUT2D eigenvalue weighted by Gasteiger charge is -2.21. The summed E-state index contributed by atoms with van der Waals surface area (Å²) in [5.41, 5.74) is 4.93. The topological polar surface area (TPSA) is 176 Å². The average Bonchev–Trinajstić information content (AvgIpc) is 3.81. The predicted octanol–water partition coefficient (Wildman–Crippen LogP) is 6.64. The maximum absolute atomic E-state index is 12.9. The third-order valence-corrected chi connectivity index (χ3v) is 11.7. The van der Waals surface area contributed by atoms with Crippen molar-refractivity contribution >= 4 is 40.2 Å². The number of fused-ring (bicyclic) bond motifs is 2. The van der Waals surface area contributed by atoms with Gasteiger partial charge in [-0.15, -0.1) is 0 Å². The molecule has 1 aromatic heterocycles. The summed E-state index contributed by atoms with van der Waals surface area (Å²) in [6.07, 6.45) is 2.46. The number of carbonyl (C=O) groups excluding carboxylic acids is 3. The van der Waals surface area contributed by atoms with E-state index in [1.54, 1.807) is 17.0 Å². The smallest absolute Gasteiger partial charge is 0.411 e. The maximum Gasteiger partial charge on any atom is 0.411 e. The number of aromatic hydroxyl groups is 1. The molecule has 1 saturated heterocycles. The number of hydrogen-bond acceptors (Lipinski definition) is 9. The second kappa shape index (κ2) is 19.8. The largest absolute Gasteiger partial charge is 0.506 e. The molecule has 0 spiro atoms. The van der Waals surface area contributed by atoms with Crippen molar-refractivity contribution in [1.82, 2.24) is 20.1 Å². The Kier molecular flexibility index (Phi) is 13.9. The lowest BCUT2D eigenvalue weighted by Crippen LogP contribution is -2.33. The predicted molar refractivity (Wildman–Crippen MR) is 233 cm³/mol. The van der Waals surface area contributed by atoms with Gasteiger partial charge in [0.1, 0.15) is 11.9 Å². The number of pyridine rings is 1. The van der Waals surface area contributed by atoms with Crippen LogP contribution in [0.4, 0.5) is 16.2 Å². The van der Waals surface area contributed by atoms with E-state index in [1.807, 2.05) is 85.9 Å². The molecule has 13 nitrogen and oxygen atoms in total. The fourth-order valence-electron chi connectivity index (χ4n) is 8.52. The number of para-hydroxylation sites is 1. The standard InChI is InChI=1S/C47H54N6O7/c1-52(45(58)22-24-53-29-33-25-36(26-34(33)30-53)60-47(59)50-40-12-6-5-11-37(40)32-9-3-2-4-10-32)23-8-7-13-43(56)49-35-16-14-31(15-17-35)27-48-28-42(55)38-18-20-41(54)46-39(38)19-21-44(57)51-46/h2-6,9-12,14-21,33-34,36,42,48,54-55H,7-8,13,22-30H2,1H3,(H,49,56)(H,50,59)(H,51,57)/t33-,34+,36?,42-/m0/s1. The normalized spacial score (nSPS) is 17.9. The van der Waals surface area contributed by atoms with Crippen LogP contribution in [-0.4, -0.2) is 88.8 Å². The number of carbonyl (C=O) groups is 3. The average molecular weight is 815 g/mol. The first-order valence-corrected chi connectivity index (χ1v) is 20.8. The van der Waals surface area contributed by atoms with Gasteiger partial charge < -0.3 is 40.4 Å². The number of anilines is 2. The summed E-state index contributed by atoms with van der Waals surface area (Å²) < 4.78 is 5.87. The molecule has 6 N–H and O–H groups in total. The number of aromatic amines is 1. The number of unbranched alkanes of at least 4 members (excludes halogenated alkanes) is 1. The fourth-order valence-corrected chi connectivity index (χ4v) is 8.52. The zero-order chi connectivity index (χ0) is 42.0. The number of amides is 3. The molecular formula is C47H54N6O7. The summed E-state index contributed by atoms with van der Waals surface area (Å²) in [4.78, 5) is 56.9. The summed E-state index contributed by atoms with van der Waals surface area (Å²) in [5, 5.41) is 30.6. The van der Waals surface area contributed by atoms with Crippen molar-refractivity contribution in [1.29, 1.82) is 0 Å². The van der Waals surface area contributed by atoms with Gasteiger partial charge in [0.2, 0.25) is 17.4 Å². The molecule has 0 bridgehead atoms. The highest BCUT2D eigenvalue weighted by atomic mass is 16.6. The van der Waals surface area contributed by atoms with E-state index in [9.17, 15) is 29.4 Å². The quantitative estimate of drug-likeness (QED) is 0.0562. The zero-order valence-corrected chi connectivity index (χ0v) is 33.9. The Morgan fingerprint density at radius 1 is 0.867 bits per heavy atom. The Balaban J connectivity index is 0.738. The lowest BCUT2D eigenvalue weighted by atomic mass is 10.0. The zero-order valence-electron chi connectivity index (χ0n) is 33.9. The van der Waals surface area contributed by atoms with Crippen LogP contribution in [0.5, 0.6) is 5.75 Å². The SMILES string of the molecule is CN(CCCCC(=O)Nc1ccc(CNC[C@H](O)c2ccc(O)c3[nH]c(=O)ccc23)cc1)C(=O)CCN1C[C@H]2CC(OC(=O)Nc3ccccc3-c3ccccc3)C[C@H]2C1. The van der Waals surface area contributed by atoms with Crippen LogP contribution in [-0.2, 0) is 20.9 Å². The van der Waals surface area contributed by atoms with Crippen molar-refractivity contribution in [2.24, 2.45) is 11.8 Å². The Morgan fingerprint density at radius 2 is 1.60 bits per heavy atom. The number of aromatic nitrogens is 1. The van der Waals surface area contributed by atoms with Gasteiger partial charge in [-0.25, -0.2) is 4.79 Å². The summed E-state index contributed by atoms with van der Waals surface area (Å²) in [6.45, 7) is 3.86. The highest BCUT2D eigenvalue weighted by Gasteiger charge is 2.42. The minimum absolute atomic E-state index is 0.0552. The van der Waals surface area contributed by atoms with E-state index in [0.29, 0.717) is 72.9 Å². The van der Waals surface area contributed by atoms with Gasteiger partial charge in [-0.05, 0) is 84.5 Å². The Morgan fingerprint density at radius 3 is 2.37 bits per heavy atom. The number of aliphatic hydroxyl groups is 1. The highest BCUT2D eigenvalue weighted by molar-refractivity contribution is 5.92. The molecule has 0 radical (unpaired) electrons. The van der Waals surface area contributed by atoms with Gasteiger partial charge in [0, 0.05) is 81.9 Å². The first-order valence-electron chi connectivity index (χ1n) is 20.8. The summed E-state index contributed by atoms with van der Waals surface area (Å²) in [6, 6.07) is 31.2. The number of aliphatic hydroxyl groups excluding tert-OH is 1. The van der Waals surface area contributed by atoms with Crippen molar-refractivity contribution in [3.05, 3.63) is 125 Å². The van der Waals surface area contributed by atoms with E-state index in [2.05, 4.69) is 25.8 Å². The molecule has 5 aromatic rings. The van der Waals surface area contributed by atoms with Gasteiger partial charge in [-0.1, -0.05) is 66.7 Å². The number of rotatable bonds is 17. The fraction of sp³-hybridized carbons (Fsp3) is 0.362. The highest BCUT2D eigenvalue weighted by Crippen LogP contribution is 2.40. The van der Waals surface area contributed by atoms with Crippen molar-refractivity contribution < 1.29 is 29.3 Å². The van der Waals surface area contributed by atoms with Crippen LogP contribution in [0.15, 0.2) is 108 Å². The molecule has 2 heterocycles. The minimum Gasteiger partial charge on any atom is -0.506 e. The number of phenolic OH excluding ortho intramolecular Hbond substituents is 1. The van der Waals surface area contributed by atoms with E-state index in [-0.39, 0.29) is 35.8 Å². The molecule has 13 heteroatoms. The van der Waals surface area contributed by atoms with Crippen molar-refractivity contribution in [2.75, 3.05) is 50.4 Å². The molecule has 1 saturated carbocycles. The van der Waals surface area contributed by atoms with Crippen LogP contribution in [0.2, 0.25) is 0 Å². The van der Waals surface area contributed by atoms with E-state index >= 15 is 0 Å². The summed E-state index contributed by atoms with van der Waals surface area (Å²) in [5.74, 6) is 0.867. The molecule has 3 amide bonds. The van der Waals surface area contributed by atoms with Crippen molar-refractivity contribution in [2.45, 2.75) is 57.3 Å². The summed E-state index contributed by atoms with van der Waals surface area (Å²) in [7, 11) is 1.82. The van der Waals surface area contributed by atoms with E-state index in [1.165, 1.54) is 12.1 Å². The Bertz CT molecular complexity index is 2300. The van der Waals surface area contributed by atoms with E-state index in [4.69, 9.17) is 4.74 Å². The molecule has 2 fully saturated rings. The molecule has 4 atom stereocenters. The second-order valence-corrected chi connectivity index (χ2v) is 16.0. The molecule has 1 unspecified atom stereocenters. The molecule has 7 rings (SSSR count). The minimum atomic E-state index is -0.860. The Labute approximate surface area is 349 Å². The number of likely N-dealkylation sites (tertiary alicyclic amines) is 1. The Hall–Kier alpha value is -6.02.